The van der Waals surface area contributed by atoms with E-state index in [2.05, 4.69) is 5.32 Å². The summed E-state index contributed by atoms with van der Waals surface area (Å²) in [6.45, 7) is 5.16. The van der Waals surface area contributed by atoms with Crippen molar-refractivity contribution >= 4 is 23.2 Å². The Morgan fingerprint density at radius 2 is 2.32 bits per heavy atom. The molecule has 1 saturated heterocycles. The van der Waals surface area contributed by atoms with Crippen molar-refractivity contribution in [2.24, 2.45) is 5.92 Å². The van der Waals surface area contributed by atoms with Gasteiger partial charge < -0.3 is 10.2 Å². The summed E-state index contributed by atoms with van der Waals surface area (Å²) >= 11 is 1.63. The number of nitrogens with zero attached hydrogens (tertiary/aromatic N) is 1. The second-order valence-corrected chi connectivity index (χ2v) is 5.85. The average Bonchev–Trinajstić information content (AvgIpc) is 2.87. The third-order valence-corrected chi connectivity index (χ3v) is 4.40. The van der Waals surface area contributed by atoms with Crippen molar-refractivity contribution in [3.8, 4) is 0 Å². The fourth-order valence-electron chi connectivity index (χ4n) is 2.23. The molecule has 1 aliphatic rings. The van der Waals surface area contributed by atoms with Crippen molar-refractivity contribution in [1.82, 2.24) is 10.2 Å². The molecule has 1 aliphatic heterocycles. The lowest BCUT2D eigenvalue weighted by Crippen LogP contribution is -2.48. The summed E-state index contributed by atoms with van der Waals surface area (Å²) in [5.41, 5.74) is 1.13. The Morgan fingerprint density at radius 1 is 1.53 bits per heavy atom. The number of carbonyl (C=O) groups excluding carboxylic acids is 2. The van der Waals surface area contributed by atoms with Gasteiger partial charge in [-0.3, -0.25) is 9.59 Å². The molecule has 0 saturated carbocycles. The van der Waals surface area contributed by atoms with Crippen molar-refractivity contribution in [3.63, 3.8) is 0 Å². The second kappa shape index (κ2) is 6.19. The maximum Gasteiger partial charge on any atom is 0.245 e. The van der Waals surface area contributed by atoms with Crippen LogP contribution in [-0.4, -0.2) is 29.3 Å². The van der Waals surface area contributed by atoms with Gasteiger partial charge in [0, 0.05) is 19.5 Å². The zero-order chi connectivity index (χ0) is 13.8. The Kier molecular flexibility index (Phi) is 4.58. The quantitative estimate of drug-likeness (QED) is 0.917. The molecule has 2 amide bonds. The third-order valence-electron chi connectivity index (χ3n) is 3.67. The number of thiophene rings is 1. The monoisotopic (exact) mass is 280 g/mol. The van der Waals surface area contributed by atoms with Gasteiger partial charge in [0.1, 0.15) is 6.04 Å². The lowest BCUT2D eigenvalue weighted by Gasteiger charge is -2.26. The molecule has 1 N–H and O–H groups in total. The predicted octanol–water partition coefficient (Wildman–Crippen LogP) is 2.01. The summed E-state index contributed by atoms with van der Waals surface area (Å²) in [5.74, 6) is 0.192. The fraction of sp³-hybridized carbons (Fsp3) is 0.571. The molecule has 0 radical (unpaired) electrons. The number of amides is 2. The van der Waals surface area contributed by atoms with E-state index in [-0.39, 0.29) is 23.8 Å². The first-order chi connectivity index (χ1) is 9.11. The number of hydrogen-bond donors (Lipinski definition) is 1. The molecule has 0 aromatic carbocycles. The predicted molar refractivity (Wildman–Crippen MR) is 75.7 cm³/mol. The first-order valence-corrected chi connectivity index (χ1v) is 7.65. The third kappa shape index (κ3) is 3.35. The van der Waals surface area contributed by atoms with Crippen molar-refractivity contribution in [2.45, 2.75) is 39.3 Å². The minimum Gasteiger partial charge on any atom is -0.344 e. The standard InChI is InChI=1S/C14H20N2O2S/c1-3-10(2)13-14(18)16(6-4-12(17)15-13)8-11-5-7-19-9-11/h5,7,9-10,13H,3-4,6,8H2,1-2H3,(H,15,17). The van der Waals surface area contributed by atoms with Crippen LogP contribution >= 0.6 is 11.3 Å². The van der Waals surface area contributed by atoms with Crippen LogP contribution in [0.5, 0.6) is 0 Å². The minimum atomic E-state index is -0.376. The van der Waals surface area contributed by atoms with Crippen molar-refractivity contribution in [2.75, 3.05) is 6.54 Å². The van der Waals surface area contributed by atoms with Crippen LogP contribution in [0.1, 0.15) is 32.3 Å². The minimum absolute atomic E-state index is 0.0218. The Hall–Kier alpha value is -1.36. The molecule has 5 heteroatoms. The van der Waals surface area contributed by atoms with Crippen molar-refractivity contribution in [3.05, 3.63) is 22.4 Å². The van der Waals surface area contributed by atoms with E-state index in [1.807, 2.05) is 30.7 Å². The van der Waals surface area contributed by atoms with Gasteiger partial charge in [0.05, 0.1) is 0 Å². The van der Waals surface area contributed by atoms with Gasteiger partial charge in [-0.1, -0.05) is 20.3 Å². The van der Waals surface area contributed by atoms with E-state index in [1.54, 1.807) is 16.2 Å². The topological polar surface area (TPSA) is 49.4 Å². The first kappa shape index (κ1) is 14.1. The van der Waals surface area contributed by atoms with Gasteiger partial charge in [-0.2, -0.15) is 11.3 Å². The number of rotatable bonds is 4. The zero-order valence-electron chi connectivity index (χ0n) is 11.4. The van der Waals surface area contributed by atoms with Crippen LogP contribution in [0.3, 0.4) is 0 Å². The zero-order valence-corrected chi connectivity index (χ0v) is 12.2. The van der Waals surface area contributed by atoms with Gasteiger partial charge in [-0.15, -0.1) is 0 Å². The van der Waals surface area contributed by atoms with E-state index in [1.165, 1.54) is 0 Å². The molecule has 0 spiro atoms. The van der Waals surface area contributed by atoms with Crippen LogP contribution in [0.15, 0.2) is 16.8 Å². The van der Waals surface area contributed by atoms with Crippen LogP contribution in [0, 0.1) is 5.92 Å². The van der Waals surface area contributed by atoms with E-state index >= 15 is 0 Å². The van der Waals surface area contributed by atoms with Gasteiger partial charge in [-0.25, -0.2) is 0 Å². The summed E-state index contributed by atoms with van der Waals surface area (Å²) in [6, 6.07) is 1.65. The van der Waals surface area contributed by atoms with Gasteiger partial charge in [0.15, 0.2) is 0 Å². The molecule has 1 aromatic heterocycles. The molecule has 19 heavy (non-hydrogen) atoms. The Bertz CT molecular complexity index is 444. The van der Waals surface area contributed by atoms with Crippen LogP contribution in [0.2, 0.25) is 0 Å². The van der Waals surface area contributed by atoms with E-state index < -0.39 is 0 Å². The second-order valence-electron chi connectivity index (χ2n) is 5.07. The highest BCUT2D eigenvalue weighted by atomic mass is 32.1. The Labute approximate surface area is 117 Å². The molecular weight excluding hydrogens is 260 g/mol. The van der Waals surface area contributed by atoms with Crippen LogP contribution < -0.4 is 5.32 Å². The molecule has 2 heterocycles. The number of hydrogen-bond acceptors (Lipinski definition) is 3. The Balaban J connectivity index is 2.13. The smallest absolute Gasteiger partial charge is 0.245 e. The van der Waals surface area contributed by atoms with E-state index in [0.717, 1.165) is 12.0 Å². The maximum atomic E-state index is 12.5. The molecule has 104 valence electrons. The first-order valence-electron chi connectivity index (χ1n) is 6.71. The fourth-order valence-corrected chi connectivity index (χ4v) is 2.89. The normalized spacial score (nSPS) is 22.0. The van der Waals surface area contributed by atoms with Gasteiger partial charge in [0.2, 0.25) is 11.8 Å². The maximum absolute atomic E-state index is 12.5. The molecule has 4 nitrogen and oxygen atoms in total. The molecular formula is C14H20N2O2S. The molecule has 0 aliphatic carbocycles. The van der Waals surface area contributed by atoms with Crippen LogP contribution in [-0.2, 0) is 16.1 Å². The van der Waals surface area contributed by atoms with E-state index in [9.17, 15) is 9.59 Å². The van der Waals surface area contributed by atoms with Gasteiger partial charge >= 0.3 is 0 Å². The molecule has 2 unspecified atom stereocenters. The summed E-state index contributed by atoms with van der Waals surface area (Å²) < 4.78 is 0. The van der Waals surface area contributed by atoms with Crippen LogP contribution in [0.4, 0.5) is 0 Å². The molecule has 1 aromatic rings. The van der Waals surface area contributed by atoms with E-state index in [4.69, 9.17) is 0 Å². The molecule has 2 atom stereocenters. The summed E-state index contributed by atoms with van der Waals surface area (Å²) in [6.07, 6.45) is 1.27. The highest BCUT2D eigenvalue weighted by molar-refractivity contribution is 7.07. The summed E-state index contributed by atoms with van der Waals surface area (Å²) in [5, 5.41) is 6.92. The van der Waals surface area contributed by atoms with Crippen molar-refractivity contribution in [1.29, 1.82) is 0 Å². The SMILES string of the molecule is CCC(C)C1NC(=O)CCN(Cc2ccsc2)C1=O. The average molecular weight is 280 g/mol. The highest BCUT2D eigenvalue weighted by Crippen LogP contribution is 2.17. The molecule has 2 rings (SSSR count). The highest BCUT2D eigenvalue weighted by Gasteiger charge is 2.32. The van der Waals surface area contributed by atoms with Gasteiger partial charge in [0.25, 0.3) is 0 Å². The van der Waals surface area contributed by atoms with Gasteiger partial charge in [-0.05, 0) is 28.3 Å². The number of nitrogens with one attached hydrogen (secondary N) is 1. The lowest BCUT2D eigenvalue weighted by molar-refractivity contribution is -0.135. The molecule has 0 bridgehead atoms. The number of carbonyl (C=O) groups is 2. The largest absolute Gasteiger partial charge is 0.344 e. The summed E-state index contributed by atoms with van der Waals surface area (Å²) in [7, 11) is 0. The Morgan fingerprint density at radius 3 is 2.95 bits per heavy atom. The lowest BCUT2D eigenvalue weighted by atomic mass is 9.98. The van der Waals surface area contributed by atoms with Crippen LogP contribution in [0.25, 0.3) is 0 Å². The van der Waals surface area contributed by atoms with Crippen molar-refractivity contribution < 1.29 is 9.59 Å². The summed E-state index contributed by atoms with van der Waals surface area (Å²) in [4.78, 5) is 26.1. The van der Waals surface area contributed by atoms with E-state index in [0.29, 0.717) is 19.5 Å². The molecule has 1 fully saturated rings.